The van der Waals surface area contributed by atoms with E-state index in [0.717, 1.165) is 54.8 Å². The molecule has 0 aliphatic carbocycles. The molecule has 1 aliphatic rings. The second-order valence-corrected chi connectivity index (χ2v) is 8.50. The Hall–Kier alpha value is -2.91. The van der Waals surface area contributed by atoms with Crippen molar-refractivity contribution in [3.8, 4) is 11.1 Å². The van der Waals surface area contributed by atoms with Crippen molar-refractivity contribution in [3.63, 3.8) is 0 Å². The molecule has 0 unspecified atom stereocenters. The molecular weight excluding hydrogens is 455 g/mol. The number of pyridine rings is 1. The fourth-order valence-electron chi connectivity index (χ4n) is 4.27. The second kappa shape index (κ2) is 9.52. The third-order valence-corrected chi connectivity index (χ3v) is 6.37. The number of nitrogens with one attached hydrogen (secondary N) is 2. The molecule has 6 nitrogen and oxygen atoms in total. The zero-order chi connectivity index (χ0) is 23.6. The van der Waals surface area contributed by atoms with E-state index in [1.165, 1.54) is 0 Å². The Labute approximate surface area is 194 Å². The van der Waals surface area contributed by atoms with Gasteiger partial charge in [-0.3, -0.25) is 9.89 Å². The van der Waals surface area contributed by atoms with Crippen LogP contribution in [0.3, 0.4) is 0 Å². The molecule has 0 saturated carbocycles. The van der Waals surface area contributed by atoms with Crippen molar-refractivity contribution in [3.05, 3.63) is 70.8 Å². The molecule has 1 fully saturated rings. The summed E-state index contributed by atoms with van der Waals surface area (Å²) in [6.45, 7) is 0.862. The van der Waals surface area contributed by atoms with Crippen LogP contribution in [0.1, 0.15) is 46.9 Å². The van der Waals surface area contributed by atoms with Crippen LogP contribution in [0.2, 0.25) is 5.02 Å². The average molecular weight is 478 g/mol. The lowest BCUT2D eigenvalue weighted by molar-refractivity contribution is -0.137. The number of carbonyl (C=O) groups is 1. The fourth-order valence-corrected chi connectivity index (χ4v) is 4.58. The summed E-state index contributed by atoms with van der Waals surface area (Å²) in [5, 5.41) is 8.98. The van der Waals surface area contributed by atoms with Crippen LogP contribution >= 0.6 is 11.6 Å². The standard InChI is InChI=1S/C23H23ClF3N5O/c1-32-10-3-2-7-18(32)20(15-6-4-5-14(11-15)16-12-29-30-13-16)31-22(33)21-19(24)17(8-9-28-21)23(25,26)27/h4-6,8-9,11-13,18,20H,2-3,7,10H2,1H3,(H,29,30)(H,31,33)/t18-,20-/m0/s1. The van der Waals surface area contributed by atoms with E-state index in [4.69, 9.17) is 11.6 Å². The Bertz CT molecular complexity index is 1120. The van der Waals surface area contributed by atoms with E-state index < -0.39 is 34.4 Å². The fraction of sp³-hybridized carbons (Fsp3) is 0.348. The molecule has 3 heterocycles. The Morgan fingerprint density at radius 3 is 2.79 bits per heavy atom. The molecule has 10 heteroatoms. The van der Waals surface area contributed by atoms with Crippen molar-refractivity contribution in [1.82, 2.24) is 25.4 Å². The van der Waals surface area contributed by atoms with Gasteiger partial charge >= 0.3 is 6.18 Å². The van der Waals surface area contributed by atoms with Crippen molar-refractivity contribution < 1.29 is 18.0 Å². The summed E-state index contributed by atoms with van der Waals surface area (Å²) in [5.41, 5.74) is 1.11. The molecule has 1 amide bonds. The summed E-state index contributed by atoms with van der Waals surface area (Å²) in [4.78, 5) is 19.2. The number of carbonyl (C=O) groups excluding carboxylic acids is 1. The minimum absolute atomic E-state index is 0.0353. The Morgan fingerprint density at radius 1 is 1.27 bits per heavy atom. The zero-order valence-electron chi connectivity index (χ0n) is 17.9. The van der Waals surface area contributed by atoms with Gasteiger partial charge in [0.05, 0.1) is 22.8 Å². The van der Waals surface area contributed by atoms with Gasteiger partial charge in [0.2, 0.25) is 0 Å². The van der Waals surface area contributed by atoms with Crippen LogP contribution in [0.15, 0.2) is 48.9 Å². The number of H-pyrrole nitrogens is 1. The number of aromatic amines is 1. The van der Waals surface area contributed by atoms with Gasteiger partial charge in [-0.2, -0.15) is 18.3 Å². The number of alkyl halides is 3. The van der Waals surface area contributed by atoms with Crippen molar-refractivity contribution >= 4 is 17.5 Å². The molecule has 1 aliphatic heterocycles. The summed E-state index contributed by atoms with van der Waals surface area (Å²) < 4.78 is 39.8. The normalized spacial score (nSPS) is 18.2. The van der Waals surface area contributed by atoms with Crippen LogP contribution in [0.4, 0.5) is 13.2 Å². The summed E-state index contributed by atoms with van der Waals surface area (Å²) in [5.74, 6) is -0.746. The van der Waals surface area contributed by atoms with Crippen molar-refractivity contribution in [2.75, 3.05) is 13.6 Å². The predicted molar refractivity (Wildman–Crippen MR) is 119 cm³/mol. The van der Waals surface area contributed by atoms with Crippen LogP contribution < -0.4 is 5.32 Å². The molecule has 0 radical (unpaired) electrons. The third-order valence-electron chi connectivity index (χ3n) is 5.99. The molecule has 2 aromatic heterocycles. The maximum atomic E-state index is 13.3. The summed E-state index contributed by atoms with van der Waals surface area (Å²) in [6, 6.07) is 7.93. The number of rotatable bonds is 5. The van der Waals surface area contributed by atoms with Gasteiger partial charge in [-0.25, -0.2) is 4.98 Å². The van der Waals surface area contributed by atoms with Crippen molar-refractivity contribution in [1.29, 1.82) is 0 Å². The number of aromatic nitrogens is 3. The van der Waals surface area contributed by atoms with Crippen molar-refractivity contribution in [2.45, 2.75) is 37.5 Å². The topological polar surface area (TPSA) is 73.9 Å². The van der Waals surface area contributed by atoms with E-state index in [1.54, 1.807) is 12.4 Å². The number of halogens is 4. The third kappa shape index (κ3) is 5.04. The smallest absolute Gasteiger partial charge is 0.342 e. The first kappa shape index (κ1) is 23.3. The SMILES string of the molecule is CN1CCCC[C@H]1[C@@H](NC(=O)c1nccc(C(F)(F)F)c1Cl)c1cccc(-c2cn[nH]c2)c1. The van der Waals surface area contributed by atoms with Crippen LogP contribution in [-0.2, 0) is 6.18 Å². The molecule has 2 N–H and O–H groups in total. The van der Waals surface area contributed by atoms with E-state index in [-0.39, 0.29) is 6.04 Å². The highest BCUT2D eigenvalue weighted by atomic mass is 35.5. The molecule has 1 aromatic carbocycles. The lowest BCUT2D eigenvalue weighted by Gasteiger charge is -2.38. The number of amides is 1. The first-order valence-electron chi connectivity index (χ1n) is 10.6. The van der Waals surface area contributed by atoms with Crippen molar-refractivity contribution in [2.24, 2.45) is 0 Å². The number of nitrogens with zero attached hydrogens (tertiary/aromatic N) is 3. The highest BCUT2D eigenvalue weighted by molar-refractivity contribution is 6.34. The van der Waals surface area contributed by atoms with Gasteiger partial charge in [0.1, 0.15) is 5.69 Å². The monoisotopic (exact) mass is 477 g/mol. The molecule has 33 heavy (non-hydrogen) atoms. The van der Waals surface area contributed by atoms with E-state index in [1.807, 2.05) is 31.3 Å². The molecule has 174 valence electrons. The Kier molecular flexibility index (Phi) is 6.71. The van der Waals surface area contributed by atoms with Gasteiger partial charge < -0.3 is 10.2 Å². The minimum Gasteiger partial charge on any atom is -0.342 e. The van der Waals surface area contributed by atoms with E-state index in [0.29, 0.717) is 0 Å². The number of hydrogen-bond donors (Lipinski definition) is 2. The van der Waals surface area contributed by atoms with Crippen LogP contribution in [0.25, 0.3) is 11.1 Å². The number of piperidine rings is 1. The molecule has 1 saturated heterocycles. The van der Waals surface area contributed by atoms with Gasteiger partial charge in [-0.05, 0) is 49.7 Å². The first-order valence-corrected chi connectivity index (χ1v) is 11.0. The molecule has 3 aromatic rings. The van der Waals surface area contributed by atoms with Gasteiger partial charge in [-0.15, -0.1) is 0 Å². The Balaban J connectivity index is 1.70. The minimum atomic E-state index is -4.68. The summed E-state index contributed by atoms with van der Waals surface area (Å²) in [6.07, 6.45) is 2.61. The van der Waals surface area contributed by atoms with Gasteiger partial charge in [0.25, 0.3) is 5.91 Å². The summed E-state index contributed by atoms with van der Waals surface area (Å²) >= 11 is 5.96. The second-order valence-electron chi connectivity index (χ2n) is 8.13. The summed E-state index contributed by atoms with van der Waals surface area (Å²) in [7, 11) is 1.98. The molecule has 0 bridgehead atoms. The van der Waals surface area contributed by atoms with Gasteiger partial charge in [0, 0.05) is 24.0 Å². The van der Waals surface area contributed by atoms with Gasteiger partial charge in [0.15, 0.2) is 0 Å². The quantitative estimate of drug-likeness (QED) is 0.536. The predicted octanol–water partition coefficient (Wildman–Crippen LogP) is 5.10. The number of benzene rings is 1. The number of likely N-dealkylation sites (N-methyl/N-ethyl adjacent to an activating group) is 1. The molecule has 4 rings (SSSR count). The molecule has 0 spiro atoms. The van der Waals surface area contributed by atoms with Gasteiger partial charge in [-0.1, -0.05) is 36.2 Å². The Morgan fingerprint density at radius 2 is 2.09 bits per heavy atom. The maximum Gasteiger partial charge on any atom is 0.417 e. The van der Waals surface area contributed by atoms with E-state index >= 15 is 0 Å². The number of likely N-dealkylation sites (tertiary alicyclic amines) is 1. The zero-order valence-corrected chi connectivity index (χ0v) is 18.6. The lowest BCUT2D eigenvalue weighted by Crippen LogP contribution is -2.47. The van der Waals surface area contributed by atoms with E-state index in [9.17, 15) is 18.0 Å². The highest BCUT2D eigenvalue weighted by Gasteiger charge is 2.36. The largest absolute Gasteiger partial charge is 0.417 e. The highest BCUT2D eigenvalue weighted by Crippen LogP contribution is 2.36. The number of hydrogen-bond acceptors (Lipinski definition) is 4. The lowest BCUT2D eigenvalue weighted by atomic mass is 9.89. The van der Waals surface area contributed by atoms with Crippen LogP contribution in [0.5, 0.6) is 0 Å². The maximum absolute atomic E-state index is 13.3. The molecular formula is C23H23ClF3N5O. The van der Waals surface area contributed by atoms with Crippen LogP contribution in [-0.4, -0.2) is 45.6 Å². The van der Waals surface area contributed by atoms with Crippen LogP contribution in [0, 0.1) is 0 Å². The van der Waals surface area contributed by atoms with E-state index in [2.05, 4.69) is 25.4 Å². The molecule has 2 atom stereocenters. The first-order chi connectivity index (χ1) is 15.8. The average Bonchev–Trinajstić information content (AvgIpc) is 3.32.